The molecule has 5 heteroatoms. The summed E-state index contributed by atoms with van der Waals surface area (Å²) in [7, 11) is 0. The summed E-state index contributed by atoms with van der Waals surface area (Å²) in [5.74, 6) is -1.01. The van der Waals surface area contributed by atoms with Crippen LogP contribution in [0.25, 0.3) is 0 Å². The van der Waals surface area contributed by atoms with Crippen LogP contribution in [0.4, 0.5) is 14.9 Å². The van der Waals surface area contributed by atoms with E-state index in [4.69, 9.17) is 5.11 Å². The fourth-order valence-corrected chi connectivity index (χ4v) is 1.15. The maximum atomic E-state index is 13.2. The van der Waals surface area contributed by atoms with Gasteiger partial charge in [-0.1, -0.05) is 12.1 Å². The van der Waals surface area contributed by atoms with Gasteiger partial charge >= 0.3 is 6.09 Å². The molecule has 1 rings (SSSR count). The number of carbonyl (C=O) groups is 2. The lowest BCUT2D eigenvalue weighted by Crippen LogP contribution is -2.34. The molecule has 0 aliphatic heterocycles. The first kappa shape index (κ1) is 11.2. The Balaban J connectivity index is 3.04. The Morgan fingerprint density at radius 2 is 2.00 bits per heavy atom. The van der Waals surface area contributed by atoms with Gasteiger partial charge in [0.1, 0.15) is 11.6 Å². The maximum Gasteiger partial charge on any atom is 0.412 e. The number of anilines is 1. The van der Waals surface area contributed by atoms with Crippen LogP contribution in [0.15, 0.2) is 24.3 Å². The van der Waals surface area contributed by atoms with E-state index in [0.29, 0.717) is 4.90 Å². The second-order valence-corrected chi connectivity index (χ2v) is 3.02. The van der Waals surface area contributed by atoms with Crippen molar-refractivity contribution in [2.24, 2.45) is 0 Å². The monoisotopic (exact) mass is 211 g/mol. The quantitative estimate of drug-likeness (QED) is 0.830. The molecule has 0 atom stereocenters. The van der Waals surface area contributed by atoms with Crippen LogP contribution in [0.2, 0.25) is 0 Å². The molecule has 0 spiro atoms. The average molecular weight is 211 g/mol. The predicted octanol–water partition coefficient (Wildman–Crippen LogP) is 1.90. The van der Waals surface area contributed by atoms with E-state index in [1.165, 1.54) is 25.1 Å². The number of ketones is 1. The molecule has 1 amide bonds. The molecule has 1 N–H and O–H groups in total. The average Bonchev–Trinajstić information content (AvgIpc) is 2.15. The van der Waals surface area contributed by atoms with Gasteiger partial charge in [0.2, 0.25) is 0 Å². The van der Waals surface area contributed by atoms with E-state index in [1.54, 1.807) is 0 Å². The molecule has 80 valence electrons. The zero-order valence-corrected chi connectivity index (χ0v) is 8.11. The van der Waals surface area contributed by atoms with Gasteiger partial charge < -0.3 is 5.11 Å². The van der Waals surface area contributed by atoms with Gasteiger partial charge in [-0.2, -0.15) is 0 Å². The molecule has 0 fully saturated rings. The van der Waals surface area contributed by atoms with Crippen molar-refractivity contribution < 1.29 is 19.1 Å². The van der Waals surface area contributed by atoms with Gasteiger partial charge in [-0.05, 0) is 19.1 Å². The lowest BCUT2D eigenvalue weighted by Gasteiger charge is -2.17. The van der Waals surface area contributed by atoms with Crippen molar-refractivity contribution in [3.05, 3.63) is 30.1 Å². The Morgan fingerprint density at radius 3 is 2.47 bits per heavy atom. The van der Waals surface area contributed by atoms with Crippen molar-refractivity contribution in [1.29, 1.82) is 0 Å². The SMILES string of the molecule is CC(=O)CN(C(=O)O)c1ccccc1F. The largest absolute Gasteiger partial charge is 0.465 e. The highest BCUT2D eigenvalue weighted by Crippen LogP contribution is 2.18. The molecular formula is C10H10FNO3. The highest BCUT2D eigenvalue weighted by atomic mass is 19.1. The molecule has 0 aliphatic rings. The topological polar surface area (TPSA) is 57.6 Å². The number of carbonyl (C=O) groups excluding carboxylic acids is 1. The van der Waals surface area contributed by atoms with Crippen LogP contribution in [-0.4, -0.2) is 23.5 Å². The summed E-state index contributed by atoms with van der Waals surface area (Å²) < 4.78 is 13.2. The molecule has 0 unspecified atom stereocenters. The summed E-state index contributed by atoms with van der Waals surface area (Å²) in [6.45, 7) is 0.896. The van der Waals surface area contributed by atoms with Crippen molar-refractivity contribution in [2.45, 2.75) is 6.92 Å². The standard InChI is InChI=1S/C10H10FNO3/c1-7(13)6-12(10(14)15)9-5-3-2-4-8(9)11/h2-5H,6H2,1H3,(H,14,15). The van der Waals surface area contributed by atoms with Crippen LogP contribution in [0.3, 0.4) is 0 Å². The van der Waals surface area contributed by atoms with Gasteiger partial charge in [0, 0.05) is 0 Å². The Bertz CT molecular complexity index is 392. The number of para-hydroxylation sites is 1. The lowest BCUT2D eigenvalue weighted by atomic mass is 10.2. The minimum atomic E-state index is -1.35. The third-order valence-corrected chi connectivity index (χ3v) is 1.75. The van der Waals surface area contributed by atoms with Gasteiger partial charge in [-0.25, -0.2) is 9.18 Å². The van der Waals surface area contributed by atoms with Crippen LogP contribution in [0.1, 0.15) is 6.92 Å². The number of hydrogen-bond acceptors (Lipinski definition) is 2. The number of amides is 1. The van der Waals surface area contributed by atoms with E-state index in [-0.39, 0.29) is 18.0 Å². The Morgan fingerprint density at radius 1 is 1.40 bits per heavy atom. The van der Waals surface area contributed by atoms with Crippen LogP contribution < -0.4 is 4.90 Å². The molecule has 0 saturated heterocycles. The summed E-state index contributed by atoms with van der Waals surface area (Å²) >= 11 is 0. The molecule has 0 aliphatic carbocycles. The maximum absolute atomic E-state index is 13.2. The lowest BCUT2D eigenvalue weighted by molar-refractivity contribution is -0.115. The molecule has 1 aromatic rings. The predicted molar refractivity (Wildman–Crippen MR) is 52.5 cm³/mol. The van der Waals surface area contributed by atoms with Crippen molar-refractivity contribution in [2.75, 3.05) is 11.4 Å². The normalized spacial score (nSPS) is 9.73. The fourth-order valence-electron chi connectivity index (χ4n) is 1.15. The first-order valence-electron chi connectivity index (χ1n) is 4.27. The number of nitrogens with zero attached hydrogens (tertiary/aromatic N) is 1. The number of halogens is 1. The van der Waals surface area contributed by atoms with E-state index in [2.05, 4.69) is 0 Å². The van der Waals surface area contributed by atoms with Crippen molar-refractivity contribution in [1.82, 2.24) is 0 Å². The molecule has 0 bridgehead atoms. The van der Waals surface area contributed by atoms with Gasteiger partial charge in [0.05, 0.1) is 12.2 Å². The smallest absolute Gasteiger partial charge is 0.412 e. The summed E-state index contributed by atoms with van der Waals surface area (Å²) in [6, 6.07) is 5.42. The molecule has 4 nitrogen and oxygen atoms in total. The van der Waals surface area contributed by atoms with Crippen LogP contribution >= 0.6 is 0 Å². The second kappa shape index (κ2) is 4.54. The summed E-state index contributed by atoms with van der Waals surface area (Å²) in [4.78, 5) is 22.3. The number of rotatable bonds is 3. The van der Waals surface area contributed by atoms with E-state index in [1.807, 2.05) is 0 Å². The molecule has 0 heterocycles. The van der Waals surface area contributed by atoms with Crippen molar-refractivity contribution in [3.63, 3.8) is 0 Å². The van der Waals surface area contributed by atoms with E-state index < -0.39 is 11.9 Å². The molecule has 0 aromatic heterocycles. The van der Waals surface area contributed by atoms with Crippen LogP contribution in [0.5, 0.6) is 0 Å². The molecule has 0 saturated carbocycles. The van der Waals surface area contributed by atoms with Gasteiger partial charge in [-0.15, -0.1) is 0 Å². The second-order valence-electron chi connectivity index (χ2n) is 3.02. The Kier molecular flexibility index (Phi) is 3.38. The number of Topliss-reactive ketones (excluding diaryl/α,β-unsaturated/α-hetero) is 1. The number of benzene rings is 1. The van der Waals surface area contributed by atoms with Gasteiger partial charge in [0.25, 0.3) is 0 Å². The van der Waals surface area contributed by atoms with Crippen molar-refractivity contribution in [3.8, 4) is 0 Å². The van der Waals surface area contributed by atoms with E-state index in [9.17, 15) is 14.0 Å². The molecule has 1 aromatic carbocycles. The highest BCUT2D eigenvalue weighted by molar-refractivity contribution is 5.93. The third-order valence-electron chi connectivity index (χ3n) is 1.75. The molecular weight excluding hydrogens is 201 g/mol. The Hall–Kier alpha value is -1.91. The molecule has 15 heavy (non-hydrogen) atoms. The van der Waals surface area contributed by atoms with Gasteiger partial charge in [0.15, 0.2) is 0 Å². The first-order valence-corrected chi connectivity index (χ1v) is 4.27. The van der Waals surface area contributed by atoms with Crippen LogP contribution in [-0.2, 0) is 4.79 Å². The number of hydrogen-bond donors (Lipinski definition) is 1. The first-order chi connectivity index (χ1) is 7.02. The Labute approximate surface area is 85.9 Å². The zero-order chi connectivity index (χ0) is 11.4. The summed E-state index contributed by atoms with van der Waals surface area (Å²) in [5.41, 5.74) is -0.111. The van der Waals surface area contributed by atoms with E-state index in [0.717, 1.165) is 6.07 Å². The summed E-state index contributed by atoms with van der Waals surface area (Å²) in [5, 5.41) is 8.81. The molecule has 0 radical (unpaired) electrons. The van der Waals surface area contributed by atoms with Crippen LogP contribution in [0, 0.1) is 5.82 Å². The minimum absolute atomic E-state index is 0.111. The van der Waals surface area contributed by atoms with E-state index >= 15 is 0 Å². The fraction of sp³-hybridized carbons (Fsp3) is 0.200. The summed E-state index contributed by atoms with van der Waals surface area (Å²) in [6.07, 6.45) is -1.35. The number of carboxylic acid groups (broad SMARTS) is 1. The van der Waals surface area contributed by atoms with Crippen molar-refractivity contribution >= 4 is 17.6 Å². The highest BCUT2D eigenvalue weighted by Gasteiger charge is 2.18. The third kappa shape index (κ3) is 2.77. The zero-order valence-electron chi connectivity index (χ0n) is 8.11. The van der Waals surface area contributed by atoms with Gasteiger partial charge in [-0.3, -0.25) is 9.69 Å². The minimum Gasteiger partial charge on any atom is -0.465 e.